The number of carbonyl (C=O) groups is 1. The van der Waals surface area contributed by atoms with E-state index in [0.717, 1.165) is 31.8 Å². The van der Waals surface area contributed by atoms with Crippen molar-refractivity contribution in [2.75, 3.05) is 32.7 Å². The molecule has 1 amide bonds. The van der Waals surface area contributed by atoms with Gasteiger partial charge in [0.1, 0.15) is 0 Å². The van der Waals surface area contributed by atoms with Gasteiger partial charge < -0.3 is 14.8 Å². The molecule has 1 aromatic heterocycles. The van der Waals surface area contributed by atoms with Gasteiger partial charge in [0.25, 0.3) is 5.91 Å². The van der Waals surface area contributed by atoms with Gasteiger partial charge in [-0.2, -0.15) is 0 Å². The van der Waals surface area contributed by atoms with E-state index in [4.69, 9.17) is 0 Å². The molecule has 0 atom stereocenters. The number of nitrogens with one attached hydrogen (secondary N) is 1. The highest BCUT2D eigenvalue weighted by atomic mass is 16.2. The fourth-order valence-corrected chi connectivity index (χ4v) is 3.38. The van der Waals surface area contributed by atoms with Crippen molar-refractivity contribution in [1.29, 1.82) is 0 Å². The van der Waals surface area contributed by atoms with Gasteiger partial charge >= 0.3 is 0 Å². The molecule has 1 aromatic rings. The molecule has 5 nitrogen and oxygen atoms in total. The molecule has 0 aromatic carbocycles. The molecule has 0 aliphatic carbocycles. The maximum absolute atomic E-state index is 12.4. The van der Waals surface area contributed by atoms with Crippen LogP contribution >= 0.6 is 0 Å². The van der Waals surface area contributed by atoms with Crippen LogP contribution in [-0.2, 0) is 0 Å². The second kappa shape index (κ2) is 6.43. The third-order valence-corrected chi connectivity index (χ3v) is 4.65. The van der Waals surface area contributed by atoms with Crippen LogP contribution in [0.1, 0.15) is 36.0 Å². The van der Waals surface area contributed by atoms with E-state index in [0.29, 0.717) is 5.56 Å². The Bertz CT molecular complexity index is 520. The van der Waals surface area contributed by atoms with Crippen molar-refractivity contribution in [3.05, 3.63) is 34.2 Å². The molecule has 114 valence electrons. The van der Waals surface area contributed by atoms with Crippen LogP contribution in [0.2, 0.25) is 0 Å². The van der Waals surface area contributed by atoms with Crippen LogP contribution in [0.25, 0.3) is 0 Å². The number of piperidine rings is 1. The number of aromatic nitrogens is 1. The molecule has 1 N–H and O–H groups in total. The zero-order valence-electron chi connectivity index (χ0n) is 12.4. The molecule has 5 heteroatoms. The lowest BCUT2D eigenvalue weighted by Crippen LogP contribution is -2.41. The van der Waals surface area contributed by atoms with Gasteiger partial charge in [-0.3, -0.25) is 9.59 Å². The third kappa shape index (κ3) is 3.53. The molecule has 2 aliphatic heterocycles. The number of carbonyl (C=O) groups excluding carboxylic acids is 1. The number of pyridine rings is 1. The zero-order valence-corrected chi connectivity index (χ0v) is 12.4. The lowest BCUT2D eigenvalue weighted by atomic mass is 9.96. The largest absolute Gasteiger partial charge is 0.339 e. The first-order chi connectivity index (χ1) is 10.2. The Morgan fingerprint density at radius 1 is 1.14 bits per heavy atom. The number of rotatable bonds is 3. The SMILES string of the molecule is O=C(c1ccc(=O)[nH]c1)N1CCC(CN2CCCC2)CC1. The van der Waals surface area contributed by atoms with E-state index >= 15 is 0 Å². The fourth-order valence-electron chi connectivity index (χ4n) is 3.38. The highest BCUT2D eigenvalue weighted by Gasteiger charge is 2.25. The summed E-state index contributed by atoms with van der Waals surface area (Å²) in [4.78, 5) is 30.4. The van der Waals surface area contributed by atoms with Crippen molar-refractivity contribution in [3.63, 3.8) is 0 Å². The van der Waals surface area contributed by atoms with Gasteiger partial charge in [-0.15, -0.1) is 0 Å². The molecule has 0 saturated carbocycles. The minimum atomic E-state index is -0.170. The third-order valence-electron chi connectivity index (χ3n) is 4.65. The Morgan fingerprint density at radius 3 is 2.48 bits per heavy atom. The minimum absolute atomic E-state index is 0.0332. The van der Waals surface area contributed by atoms with Gasteiger partial charge in [0.05, 0.1) is 5.56 Å². The summed E-state index contributed by atoms with van der Waals surface area (Å²) < 4.78 is 0. The van der Waals surface area contributed by atoms with E-state index < -0.39 is 0 Å². The fraction of sp³-hybridized carbons (Fsp3) is 0.625. The summed E-state index contributed by atoms with van der Waals surface area (Å²) in [6, 6.07) is 3.02. The van der Waals surface area contributed by atoms with Crippen LogP contribution in [0.4, 0.5) is 0 Å². The van der Waals surface area contributed by atoms with Crippen LogP contribution in [0, 0.1) is 5.92 Å². The van der Waals surface area contributed by atoms with Crippen LogP contribution < -0.4 is 5.56 Å². The van der Waals surface area contributed by atoms with Crippen LogP contribution in [0.3, 0.4) is 0 Å². The van der Waals surface area contributed by atoms with Crippen molar-refractivity contribution in [2.45, 2.75) is 25.7 Å². The summed E-state index contributed by atoms with van der Waals surface area (Å²) in [5, 5.41) is 0. The molecular weight excluding hydrogens is 266 g/mol. The molecule has 3 rings (SSSR count). The number of likely N-dealkylation sites (tertiary alicyclic amines) is 2. The molecule has 21 heavy (non-hydrogen) atoms. The summed E-state index contributed by atoms with van der Waals surface area (Å²) in [7, 11) is 0. The Balaban J connectivity index is 1.51. The maximum atomic E-state index is 12.4. The van der Waals surface area contributed by atoms with Crippen LogP contribution in [0.15, 0.2) is 23.1 Å². The van der Waals surface area contributed by atoms with Gasteiger partial charge in [-0.1, -0.05) is 0 Å². The first kappa shape index (κ1) is 14.3. The number of amides is 1. The predicted octanol–water partition coefficient (Wildman–Crippen LogP) is 1.32. The highest BCUT2D eigenvalue weighted by molar-refractivity contribution is 5.93. The quantitative estimate of drug-likeness (QED) is 0.913. The Hall–Kier alpha value is -1.62. The minimum Gasteiger partial charge on any atom is -0.339 e. The molecular formula is C16H23N3O2. The van der Waals surface area contributed by atoms with E-state index in [2.05, 4.69) is 9.88 Å². The van der Waals surface area contributed by atoms with Gasteiger partial charge in [-0.05, 0) is 50.8 Å². The molecule has 0 spiro atoms. The van der Waals surface area contributed by atoms with Crippen molar-refractivity contribution >= 4 is 5.91 Å². The van der Waals surface area contributed by atoms with Crippen molar-refractivity contribution in [1.82, 2.24) is 14.8 Å². The van der Waals surface area contributed by atoms with Gasteiger partial charge in [0.15, 0.2) is 0 Å². The van der Waals surface area contributed by atoms with Gasteiger partial charge in [0.2, 0.25) is 5.56 Å². The molecule has 2 aliphatic rings. The van der Waals surface area contributed by atoms with Crippen LogP contribution in [-0.4, -0.2) is 53.4 Å². The Kier molecular flexibility index (Phi) is 4.39. The zero-order chi connectivity index (χ0) is 14.7. The summed E-state index contributed by atoms with van der Waals surface area (Å²) in [6.45, 7) is 5.35. The maximum Gasteiger partial charge on any atom is 0.255 e. The lowest BCUT2D eigenvalue weighted by Gasteiger charge is -2.33. The molecule has 2 fully saturated rings. The van der Waals surface area contributed by atoms with Crippen molar-refractivity contribution in [2.24, 2.45) is 5.92 Å². The van der Waals surface area contributed by atoms with E-state index in [1.165, 1.54) is 44.7 Å². The van der Waals surface area contributed by atoms with E-state index in [-0.39, 0.29) is 11.5 Å². The Morgan fingerprint density at radius 2 is 1.86 bits per heavy atom. The molecule has 3 heterocycles. The number of nitrogens with zero attached hydrogens (tertiary/aromatic N) is 2. The van der Waals surface area contributed by atoms with Crippen molar-refractivity contribution in [3.8, 4) is 0 Å². The summed E-state index contributed by atoms with van der Waals surface area (Å²) in [6.07, 6.45) is 6.37. The van der Waals surface area contributed by atoms with E-state index in [9.17, 15) is 9.59 Å². The van der Waals surface area contributed by atoms with Crippen LogP contribution in [0.5, 0.6) is 0 Å². The first-order valence-electron chi connectivity index (χ1n) is 7.93. The standard InChI is InChI=1S/C16H23N3O2/c20-15-4-3-14(11-17-15)16(21)19-9-5-13(6-10-19)12-18-7-1-2-8-18/h3-4,11,13H,1-2,5-10,12H2,(H,17,20). The Labute approximate surface area is 124 Å². The summed E-state index contributed by atoms with van der Waals surface area (Å²) in [5.41, 5.74) is 0.406. The second-order valence-corrected chi connectivity index (χ2v) is 6.18. The topological polar surface area (TPSA) is 56.4 Å². The molecule has 2 saturated heterocycles. The summed E-state index contributed by atoms with van der Waals surface area (Å²) in [5.74, 6) is 0.758. The monoisotopic (exact) mass is 289 g/mol. The average Bonchev–Trinajstić information content (AvgIpc) is 3.01. The number of hydrogen-bond donors (Lipinski definition) is 1. The highest BCUT2D eigenvalue weighted by Crippen LogP contribution is 2.21. The average molecular weight is 289 g/mol. The van der Waals surface area contributed by atoms with Crippen molar-refractivity contribution < 1.29 is 4.79 Å². The first-order valence-corrected chi connectivity index (χ1v) is 7.93. The predicted molar refractivity (Wildman–Crippen MR) is 81.4 cm³/mol. The second-order valence-electron chi connectivity index (χ2n) is 6.18. The van der Waals surface area contributed by atoms with Gasteiger partial charge in [-0.25, -0.2) is 0 Å². The lowest BCUT2D eigenvalue weighted by molar-refractivity contribution is 0.0672. The summed E-state index contributed by atoms with van der Waals surface area (Å²) >= 11 is 0. The smallest absolute Gasteiger partial charge is 0.255 e. The van der Waals surface area contributed by atoms with E-state index in [1.54, 1.807) is 6.07 Å². The number of hydrogen-bond acceptors (Lipinski definition) is 3. The van der Waals surface area contributed by atoms with E-state index in [1.807, 2.05) is 4.90 Å². The molecule has 0 bridgehead atoms. The van der Waals surface area contributed by atoms with Gasteiger partial charge in [0, 0.05) is 31.9 Å². The normalized spacial score (nSPS) is 20.9. The molecule has 0 radical (unpaired) electrons. The number of H-pyrrole nitrogens is 1. The molecule has 0 unspecified atom stereocenters. The number of aromatic amines is 1.